The first-order valence-electron chi connectivity index (χ1n) is 5.94. The van der Waals surface area contributed by atoms with E-state index in [2.05, 4.69) is 5.32 Å². The molecule has 0 atom stereocenters. The third-order valence-electron chi connectivity index (χ3n) is 2.92. The Morgan fingerprint density at radius 1 is 1.56 bits per heavy atom. The topological polar surface area (TPSA) is 80.4 Å². The van der Waals surface area contributed by atoms with E-state index in [-0.39, 0.29) is 18.4 Å². The molecule has 1 saturated carbocycles. The fourth-order valence-corrected chi connectivity index (χ4v) is 1.79. The van der Waals surface area contributed by atoms with Gasteiger partial charge in [0.25, 0.3) is 5.91 Å². The Morgan fingerprint density at radius 3 is 2.72 bits per heavy atom. The SMILES string of the molecule is CN(CC(=O)NC1CC1)C(=O)c1cc(N)cn1C. The molecule has 98 valence electrons. The second kappa shape index (κ2) is 4.72. The Hall–Kier alpha value is -1.98. The average molecular weight is 250 g/mol. The molecule has 2 rings (SSSR count). The summed E-state index contributed by atoms with van der Waals surface area (Å²) in [6.07, 6.45) is 3.75. The van der Waals surface area contributed by atoms with Gasteiger partial charge < -0.3 is 20.5 Å². The number of carbonyl (C=O) groups is 2. The van der Waals surface area contributed by atoms with E-state index < -0.39 is 0 Å². The summed E-state index contributed by atoms with van der Waals surface area (Å²) in [7, 11) is 3.36. The number of amides is 2. The van der Waals surface area contributed by atoms with Crippen LogP contribution in [-0.2, 0) is 11.8 Å². The summed E-state index contributed by atoms with van der Waals surface area (Å²) in [6.45, 7) is 0.0699. The molecule has 1 aromatic rings. The summed E-state index contributed by atoms with van der Waals surface area (Å²) < 4.78 is 1.66. The number of hydrogen-bond donors (Lipinski definition) is 2. The molecule has 0 radical (unpaired) electrons. The normalized spacial score (nSPS) is 14.3. The number of anilines is 1. The van der Waals surface area contributed by atoms with Crippen LogP contribution in [0.15, 0.2) is 12.3 Å². The van der Waals surface area contributed by atoms with Crippen molar-refractivity contribution in [1.29, 1.82) is 0 Å². The molecule has 1 aliphatic carbocycles. The number of nitrogens with two attached hydrogens (primary N) is 1. The van der Waals surface area contributed by atoms with Crippen LogP contribution in [0.4, 0.5) is 5.69 Å². The van der Waals surface area contributed by atoms with Crippen LogP contribution in [0, 0.1) is 0 Å². The van der Waals surface area contributed by atoms with Gasteiger partial charge in [-0.15, -0.1) is 0 Å². The number of nitrogen functional groups attached to an aromatic ring is 1. The Balaban J connectivity index is 1.95. The lowest BCUT2D eigenvalue weighted by molar-refractivity contribution is -0.121. The highest BCUT2D eigenvalue weighted by Crippen LogP contribution is 2.18. The van der Waals surface area contributed by atoms with Crippen molar-refractivity contribution in [2.45, 2.75) is 18.9 Å². The number of hydrogen-bond acceptors (Lipinski definition) is 3. The fourth-order valence-electron chi connectivity index (χ4n) is 1.79. The van der Waals surface area contributed by atoms with Gasteiger partial charge in [0.05, 0.1) is 12.2 Å². The van der Waals surface area contributed by atoms with E-state index in [9.17, 15) is 9.59 Å². The lowest BCUT2D eigenvalue weighted by atomic mass is 10.3. The maximum absolute atomic E-state index is 12.1. The molecule has 1 aliphatic rings. The smallest absolute Gasteiger partial charge is 0.270 e. The summed E-state index contributed by atoms with van der Waals surface area (Å²) in [6, 6.07) is 1.92. The molecule has 3 N–H and O–H groups in total. The van der Waals surface area contributed by atoms with Crippen LogP contribution in [0.2, 0.25) is 0 Å². The van der Waals surface area contributed by atoms with Crippen molar-refractivity contribution in [3.05, 3.63) is 18.0 Å². The van der Waals surface area contributed by atoms with E-state index in [0.29, 0.717) is 17.4 Å². The van der Waals surface area contributed by atoms with Crippen LogP contribution >= 0.6 is 0 Å². The lowest BCUT2D eigenvalue weighted by Crippen LogP contribution is -2.39. The molecule has 0 saturated heterocycles. The molecule has 6 nitrogen and oxygen atoms in total. The molecule has 0 aromatic carbocycles. The summed E-state index contributed by atoms with van der Waals surface area (Å²) in [4.78, 5) is 25.1. The predicted molar refractivity (Wildman–Crippen MR) is 68.0 cm³/mol. The van der Waals surface area contributed by atoms with Crippen molar-refractivity contribution >= 4 is 17.5 Å². The van der Waals surface area contributed by atoms with E-state index in [4.69, 9.17) is 5.73 Å². The minimum atomic E-state index is -0.208. The van der Waals surface area contributed by atoms with Crippen molar-refractivity contribution in [3.63, 3.8) is 0 Å². The van der Waals surface area contributed by atoms with Crippen molar-refractivity contribution < 1.29 is 9.59 Å². The second-order valence-corrected chi connectivity index (χ2v) is 4.77. The first-order valence-corrected chi connectivity index (χ1v) is 5.94. The Morgan fingerprint density at radius 2 is 2.22 bits per heavy atom. The van der Waals surface area contributed by atoms with Crippen LogP contribution in [0.1, 0.15) is 23.3 Å². The molecule has 18 heavy (non-hydrogen) atoms. The summed E-state index contributed by atoms with van der Waals surface area (Å²) in [5.41, 5.74) is 6.64. The molecular weight excluding hydrogens is 232 g/mol. The second-order valence-electron chi connectivity index (χ2n) is 4.77. The molecular formula is C12H18N4O2. The third kappa shape index (κ3) is 2.82. The highest BCUT2D eigenvalue weighted by Gasteiger charge is 2.25. The van der Waals surface area contributed by atoms with Gasteiger partial charge in [-0.3, -0.25) is 9.59 Å². The third-order valence-corrected chi connectivity index (χ3v) is 2.92. The van der Waals surface area contributed by atoms with Crippen LogP contribution in [-0.4, -0.2) is 40.9 Å². The maximum Gasteiger partial charge on any atom is 0.270 e. The average Bonchev–Trinajstić information content (AvgIpc) is 3.01. The van der Waals surface area contributed by atoms with E-state index in [1.807, 2.05) is 0 Å². The molecule has 1 aromatic heterocycles. The summed E-state index contributed by atoms with van der Waals surface area (Å²) >= 11 is 0. The van der Waals surface area contributed by atoms with Crippen molar-refractivity contribution in [1.82, 2.24) is 14.8 Å². The molecule has 2 amide bonds. The first kappa shape index (κ1) is 12.5. The van der Waals surface area contributed by atoms with Gasteiger partial charge in [0.2, 0.25) is 5.91 Å². The Kier molecular flexibility index (Phi) is 3.27. The highest BCUT2D eigenvalue weighted by atomic mass is 16.2. The molecule has 0 bridgehead atoms. The lowest BCUT2D eigenvalue weighted by Gasteiger charge is -2.16. The van der Waals surface area contributed by atoms with Crippen LogP contribution in [0.25, 0.3) is 0 Å². The van der Waals surface area contributed by atoms with Crippen molar-refractivity contribution in [2.75, 3.05) is 19.3 Å². The summed E-state index contributed by atoms with van der Waals surface area (Å²) in [5, 5.41) is 2.85. The van der Waals surface area contributed by atoms with Gasteiger partial charge in [0.15, 0.2) is 0 Å². The fraction of sp³-hybridized carbons (Fsp3) is 0.500. The molecule has 0 spiro atoms. The predicted octanol–water partition coefficient (Wildman–Crippen LogP) is -0.0421. The number of rotatable bonds is 4. The number of nitrogens with zero attached hydrogens (tertiary/aromatic N) is 2. The minimum Gasteiger partial charge on any atom is -0.397 e. The van der Waals surface area contributed by atoms with E-state index in [1.165, 1.54) is 4.90 Å². The zero-order chi connectivity index (χ0) is 13.3. The zero-order valence-corrected chi connectivity index (χ0v) is 10.6. The summed E-state index contributed by atoms with van der Waals surface area (Å²) in [5.74, 6) is -0.323. The first-order chi connectivity index (χ1) is 8.47. The number of aromatic nitrogens is 1. The monoisotopic (exact) mass is 250 g/mol. The molecule has 6 heteroatoms. The quantitative estimate of drug-likeness (QED) is 0.786. The van der Waals surface area contributed by atoms with E-state index >= 15 is 0 Å². The number of carbonyl (C=O) groups excluding carboxylic acids is 2. The molecule has 1 fully saturated rings. The molecule has 0 unspecified atom stereocenters. The Labute approximate surface area is 106 Å². The maximum atomic E-state index is 12.1. The largest absolute Gasteiger partial charge is 0.397 e. The van der Waals surface area contributed by atoms with Crippen LogP contribution < -0.4 is 11.1 Å². The van der Waals surface area contributed by atoms with Crippen molar-refractivity contribution in [3.8, 4) is 0 Å². The number of aryl methyl sites for hydroxylation is 1. The van der Waals surface area contributed by atoms with Gasteiger partial charge in [-0.2, -0.15) is 0 Å². The molecule has 0 aliphatic heterocycles. The number of nitrogens with one attached hydrogen (secondary N) is 1. The highest BCUT2D eigenvalue weighted by molar-refractivity contribution is 5.96. The van der Waals surface area contributed by atoms with Gasteiger partial charge in [-0.25, -0.2) is 0 Å². The Bertz CT molecular complexity index is 476. The van der Waals surface area contributed by atoms with Gasteiger partial charge in [-0.1, -0.05) is 0 Å². The van der Waals surface area contributed by atoms with Crippen molar-refractivity contribution in [2.24, 2.45) is 7.05 Å². The molecule has 1 heterocycles. The van der Waals surface area contributed by atoms with E-state index in [0.717, 1.165) is 12.8 Å². The van der Waals surface area contributed by atoms with Crippen LogP contribution in [0.5, 0.6) is 0 Å². The minimum absolute atomic E-state index is 0.0699. The number of likely N-dealkylation sites (N-methyl/N-ethyl adjacent to an activating group) is 1. The van der Waals surface area contributed by atoms with Gasteiger partial charge >= 0.3 is 0 Å². The zero-order valence-electron chi connectivity index (χ0n) is 10.6. The van der Waals surface area contributed by atoms with Gasteiger partial charge in [-0.05, 0) is 18.9 Å². The van der Waals surface area contributed by atoms with Crippen LogP contribution in [0.3, 0.4) is 0 Å². The van der Waals surface area contributed by atoms with Gasteiger partial charge in [0, 0.05) is 26.3 Å². The van der Waals surface area contributed by atoms with E-state index in [1.54, 1.807) is 30.9 Å². The standard InChI is InChI=1S/C12H18N4O2/c1-15-6-8(13)5-10(15)12(18)16(2)7-11(17)14-9-3-4-9/h5-6,9H,3-4,7,13H2,1-2H3,(H,14,17). The van der Waals surface area contributed by atoms with Gasteiger partial charge in [0.1, 0.15) is 5.69 Å².